The lowest BCUT2D eigenvalue weighted by atomic mass is 10.00. The molecule has 1 aromatic carbocycles. The number of halogens is 1. The topological polar surface area (TPSA) is 51.0 Å². The fourth-order valence-corrected chi connectivity index (χ4v) is 2.36. The van der Waals surface area contributed by atoms with Crippen molar-refractivity contribution < 1.29 is 8.91 Å². The van der Waals surface area contributed by atoms with Crippen LogP contribution in [-0.2, 0) is 0 Å². The lowest BCUT2D eigenvalue weighted by Gasteiger charge is -2.18. The highest BCUT2D eigenvalue weighted by molar-refractivity contribution is 5.55. The third-order valence-electron chi connectivity index (χ3n) is 3.50. The quantitative estimate of drug-likeness (QED) is 0.903. The van der Waals surface area contributed by atoms with E-state index in [2.05, 4.69) is 15.5 Å². The maximum absolute atomic E-state index is 13.2. The number of aromatic nitrogens is 2. The van der Waals surface area contributed by atoms with Crippen molar-refractivity contribution in [3.05, 3.63) is 35.5 Å². The van der Waals surface area contributed by atoms with Crippen molar-refractivity contribution in [1.82, 2.24) is 15.5 Å². The van der Waals surface area contributed by atoms with Crippen LogP contribution in [0, 0.1) is 12.7 Å². The van der Waals surface area contributed by atoms with Crippen molar-refractivity contribution in [3.8, 4) is 11.4 Å². The second-order valence-electron chi connectivity index (χ2n) is 4.96. The molecular formula is C14H16FN3O. The van der Waals surface area contributed by atoms with Crippen molar-refractivity contribution in [2.24, 2.45) is 0 Å². The molecule has 0 aliphatic carbocycles. The molecule has 19 heavy (non-hydrogen) atoms. The molecule has 0 bridgehead atoms. The lowest BCUT2D eigenvalue weighted by Crippen LogP contribution is -2.28. The van der Waals surface area contributed by atoms with Crippen LogP contribution in [0.3, 0.4) is 0 Å². The zero-order valence-electron chi connectivity index (χ0n) is 10.8. The summed E-state index contributed by atoms with van der Waals surface area (Å²) in [6.07, 6.45) is 2.19. The summed E-state index contributed by atoms with van der Waals surface area (Å²) in [6.45, 7) is 3.66. The van der Waals surface area contributed by atoms with Crippen molar-refractivity contribution in [3.63, 3.8) is 0 Å². The number of benzene rings is 1. The van der Waals surface area contributed by atoms with Crippen LogP contribution in [0.15, 0.2) is 22.7 Å². The zero-order valence-corrected chi connectivity index (χ0v) is 10.8. The molecule has 3 rings (SSSR count). The molecule has 0 unspecified atom stereocenters. The van der Waals surface area contributed by atoms with Gasteiger partial charge in [-0.05, 0) is 50.1 Å². The largest absolute Gasteiger partial charge is 0.339 e. The summed E-state index contributed by atoms with van der Waals surface area (Å²) in [4.78, 5) is 4.43. The van der Waals surface area contributed by atoms with E-state index in [4.69, 9.17) is 4.52 Å². The van der Waals surface area contributed by atoms with Crippen LogP contribution in [0.1, 0.15) is 30.2 Å². The molecule has 5 heteroatoms. The SMILES string of the molecule is Cc1cc(-c2noc([C@@H]3CCCNC3)n2)ccc1F. The van der Waals surface area contributed by atoms with Gasteiger partial charge in [0.05, 0.1) is 5.92 Å². The maximum atomic E-state index is 13.2. The summed E-state index contributed by atoms with van der Waals surface area (Å²) in [5.74, 6) is 1.27. The molecule has 2 aromatic rings. The second-order valence-corrected chi connectivity index (χ2v) is 4.96. The minimum absolute atomic E-state index is 0.219. The fourth-order valence-electron chi connectivity index (χ4n) is 2.36. The van der Waals surface area contributed by atoms with Crippen LogP contribution in [0.2, 0.25) is 0 Å². The van der Waals surface area contributed by atoms with E-state index in [1.165, 1.54) is 6.07 Å². The van der Waals surface area contributed by atoms with Gasteiger partial charge in [-0.15, -0.1) is 0 Å². The van der Waals surface area contributed by atoms with Gasteiger partial charge >= 0.3 is 0 Å². The van der Waals surface area contributed by atoms with E-state index in [1.807, 2.05) is 0 Å². The van der Waals surface area contributed by atoms with Gasteiger partial charge in [0.1, 0.15) is 5.82 Å². The van der Waals surface area contributed by atoms with Gasteiger partial charge in [-0.1, -0.05) is 5.16 Å². The first-order valence-corrected chi connectivity index (χ1v) is 6.55. The molecular weight excluding hydrogens is 245 g/mol. The predicted molar refractivity (Wildman–Crippen MR) is 69.3 cm³/mol. The first kappa shape index (κ1) is 12.3. The summed E-state index contributed by atoms with van der Waals surface area (Å²) in [7, 11) is 0. The van der Waals surface area contributed by atoms with Crippen molar-refractivity contribution in [2.45, 2.75) is 25.7 Å². The summed E-state index contributed by atoms with van der Waals surface area (Å²) >= 11 is 0. The maximum Gasteiger partial charge on any atom is 0.231 e. The van der Waals surface area contributed by atoms with Gasteiger partial charge in [0.15, 0.2) is 0 Å². The smallest absolute Gasteiger partial charge is 0.231 e. The van der Waals surface area contributed by atoms with Crippen molar-refractivity contribution in [1.29, 1.82) is 0 Å². The number of hydrogen-bond donors (Lipinski definition) is 1. The predicted octanol–water partition coefficient (Wildman–Crippen LogP) is 2.65. The van der Waals surface area contributed by atoms with Crippen LogP contribution in [0.4, 0.5) is 4.39 Å². The second kappa shape index (κ2) is 5.09. The molecule has 0 saturated carbocycles. The Morgan fingerprint density at radius 1 is 1.42 bits per heavy atom. The first-order chi connectivity index (χ1) is 9.24. The molecule has 1 aromatic heterocycles. The van der Waals surface area contributed by atoms with Crippen LogP contribution < -0.4 is 5.32 Å². The van der Waals surface area contributed by atoms with E-state index in [-0.39, 0.29) is 11.7 Å². The molecule has 2 heterocycles. The minimum Gasteiger partial charge on any atom is -0.339 e. The van der Waals surface area contributed by atoms with Gasteiger partial charge in [0.25, 0.3) is 0 Å². The average molecular weight is 261 g/mol. The average Bonchev–Trinajstić information content (AvgIpc) is 2.93. The molecule has 0 amide bonds. The van der Waals surface area contributed by atoms with Crippen LogP contribution in [0.25, 0.3) is 11.4 Å². The van der Waals surface area contributed by atoms with E-state index in [1.54, 1.807) is 19.1 Å². The summed E-state index contributed by atoms with van der Waals surface area (Å²) in [6, 6.07) is 4.85. The molecule has 0 spiro atoms. The number of piperidine rings is 1. The van der Waals surface area contributed by atoms with E-state index in [0.717, 1.165) is 31.5 Å². The van der Waals surface area contributed by atoms with Gasteiger partial charge in [-0.3, -0.25) is 0 Å². The van der Waals surface area contributed by atoms with E-state index in [0.29, 0.717) is 17.3 Å². The highest BCUT2D eigenvalue weighted by Crippen LogP contribution is 2.25. The van der Waals surface area contributed by atoms with Gasteiger partial charge in [0.2, 0.25) is 11.7 Å². The van der Waals surface area contributed by atoms with Gasteiger partial charge in [0, 0.05) is 12.1 Å². The molecule has 1 aliphatic heterocycles. The Balaban J connectivity index is 1.85. The number of aryl methyl sites for hydroxylation is 1. The molecule has 1 N–H and O–H groups in total. The van der Waals surface area contributed by atoms with Crippen LogP contribution in [-0.4, -0.2) is 23.2 Å². The normalized spacial score (nSPS) is 19.6. The summed E-state index contributed by atoms with van der Waals surface area (Å²) in [5, 5.41) is 7.32. The Labute approximate surface area is 111 Å². The van der Waals surface area contributed by atoms with Crippen molar-refractivity contribution in [2.75, 3.05) is 13.1 Å². The van der Waals surface area contributed by atoms with E-state index < -0.39 is 0 Å². The molecule has 0 radical (unpaired) electrons. The van der Waals surface area contributed by atoms with Gasteiger partial charge in [-0.25, -0.2) is 4.39 Å². The first-order valence-electron chi connectivity index (χ1n) is 6.55. The fraction of sp³-hybridized carbons (Fsp3) is 0.429. The Kier molecular flexibility index (Phi) is 3.29. The number of hydrogen-bond acceptors (Lipinski definition) is 4. The van der Waals surface area contributed by atoms with Gasteiger partial charge < -0.3 is 9.84 Å². The molecule has 1 saturated heterocycles. The van der Waals surface area contributed by atoms with E-state index >= 15 is 0 Å². The van der Waals surface area contributed by atoms with Crippen molar-refractivity contribution >= 4 is 0 Å². The van der Waals surface area contributed by atoms with Crippen LogP contribution in [0.5, 0.6) is 0 Å². The Hall–Kier alpha value is -1.75. The monoisotopic (exact) mass is 261 g/mol. The van der Waals surface area contributed by atoms with Crippen LogP contribution >= 0.6 is 0 Å². The Bertz CT molecular complexity index is 576. The summed E-state index contributed by atoms with van der Waals surface area (Å²) in [5.41, 5.74) is 1.38. The summed E-state index contributed by atoms with van der Waals surface area (Å²) < 4.78 is 18.6. The highest BCUT2D eigenvalue weighted by atomic mass is 19.1. The van der Waals surface area contributed by atoms with E-state index in [9.17, 15) is 4.39 Å². The number of nitrogens with zero attached hydrogens (tertiary/aromatic N) is 2. The molecule has 100 valence electrons. The molecule has 1 atom stereocenters. The third kappa shape index (κ3) is 2.51. The standard InChI is InChI=1S/C14H16FN3O/c1-9-7-10(4-5-12(9)15)13-17-14(19-18-13)11-3-2-6-16-8-11/h4-5,7,11,16H,2-3,6,8H2,1H3/t11-/m1/s1. The lowest BCUT2D eigenvalue weighted by molar-refractivity contribution is 0.322. The molecule has 4 nitrogen and oxygen atoms in total. The zero-order chi connectivity index (χ0) is 13.2. The van der Waals surface area contributed by atoms with Gasteiger partial charge in [-0.2, -0.15) is 4.98 Å². The molecule has 1 aliphatic rings. The third-order valence-corrected chi connectivity index (χ3v) is 3.50. The minimum atomic E-state index is -0.219. The Morgan fingerprint density at radius 3 is 3.05 bits per heavy atom. The number of rotatable bonds is 2. The molecule has 1 fully saturated rings. The number of nitrogens with one attached hydrogen (secondary N) is 1. The highest BCUT2D eigenvalue weighted by Gasteiger charge is 2.21. The Morgan fingerprint density at radius 2 is 2.32 bits per heavy atom.